The van der Waals surface area contributed by atoms with E-state index in [2.05, 4.69) is 21.2 Å². The van der Waals surface area contributed by atoms with Gasteiger partial charge in [-0.1, -0.05) is 15.9 Å². The molecule has 0 saturated carbocycles. The third kappa shape index (κ3) is 5.46. The zero-order valence-electron chi connectivity index (χ0n) is 11.0. The van der Waals surface area contributed by atoms with Gasteiger partial charge in [-0.05, 0) is 57.0 Å². The molecular formula is C14H21BrFNO. The highest BCUT2D eigenvalue weighted by Crippen LogP contribution is 2.20. The number of rotatable bonds is 8. The standard InChI is InChI=1S/C14H21BrFNO/c1-3-18-8-4-5-13(17-2)10-11-9-12(16)6-7-14(11)15/h6-7,9,13,17H,3-5,8,10H2,1-2H3. The lowest BCUT2D eigenvalue weighted by Gasteiger charge is -2.17. The summed E-state index contributed by atoms with van der Waals surface area (Å²) in [4.78, 5) is 0. The van der Waals surface area contributed by atoms with Crippen LogP contribution in [-0.4, -0.2) is 26.3 Å². The van der Waals surface area contributed by atoms with Crippen LogP contribution in [0.2, 0.25) is 0 Å². The van der Waals surface area contributed by atoms with Gasteiger partial charge in [0.25, 0.3) is 0 Å². The average molecular weight is 318 g/mol. The largest absolute Gasteiger partial charge is 0.382 e. The van der Waals surface area contributed by atoms with Crippen LogP contribution in [0.25, 0.3) is 0 Å². The van der Waals surface area contributed by atoms with Crippen molar-refractivity contribution in [2.24, 2.45) is 0 Å². The van der Waals surface area contributed by atoms with Crippen LogP contribution in [0, 0.1) is 5.82 Å². The molecule has 1 aromatic carbocycles. The molecule has 0 heterocycles. The van der Waals surface area contributed by atoms with Gasteiger partial charge in [-0.2, -0.15) is 0 Å². The SMILES string of the molecule is CCOCCCC(Cc1cc(F)ccc1Br)NC. The summed E-state index contributed by atoms with van der Waals surface area (Å²) in [6.07, 6.45) is 2.87. The van der Waals surface area contributed by atoms with Crippen molar-refractivity contribution >= 4 is 15.9 Å². The number of hydrogen-bond donors (Lipinski definition) is 1. The first-order valence-corrected chi connectivity index (χ1v) is 7.15. The van der Waals surface area contributed by atoms with Crippen LogP contribution < -0.4 is 5.32 Å². The fraction of sp³-hybridized carbons (Fsp3) is 0.571. The smallest absolute Gasteiger partial charge is 0.123 e. The van der Waals surface area contributed by atoms with Gasteiger partial charge in [0.2, 0.25) is 0 Å². The second-order valence-corrected chi connectivity index (χ2v) is 5.12. The lowest BCUT2D eigenvalue weighted by atomic mass is 10.0. The van der Waals surface area contributed by atoms with Gasteiger partial charge < -0.3 is 10.1 Å². The van der Waals surface area contributed by atoms with Gasteiger partial charge in [0.05, 0.1) is 0 Å². The summed E-state index contributed by atoms with van der Waals surface area (Å²) in [5.74, 6) is -0.183. The van der Waals surface area contributed by atoms with E-state index < -0.39 is 0 Å². The zero-order valence-corrected chi connectivity index (χ0v) is 12.6. The van der Waals surface area contributed by atoms with E-state index in [4.69, 9.17) is 4.74 Å². The maximum atomic E-state index is 13.2. The molecule has 1 unspecified atom stereocenters. The van der Waals surface area contributed by atoms with Gasteiger partial charge >= 0.3 is 0 Å². The molecule has 4 heteroatoms. The Morgan fingerprint density at radius 1 is 1.44 bits per heavy atom. The Morgan fingerprint density at radius 3 is 2.89 bits per heavy atom. The van der Waals surface area contributed by atoms with Gasteiger partial charge in [0.15, 0.2) is 0 Å². The Kier molecular flexibility index (Phi) is 7.47. The molecule has 1 N–H and O–H groups in total. The molecule has 0 aliphatic rings. The van der Waals surface area contributed by atoms with E-state index in [-0.39, 0.29) is 5.82 Å². The molecule has 0 aromatic heterocycles. The number of ether oxygens (including phenoxy) is 1. The molecule has 0 spiro atoms. The highest BCUT2D eigenvalue weighted by atomic mass is 79.9. The van der Waals surface area contributed by atoms with Crippen molar-refractivity contribution in [3.05, 3.63) is 34.1 Å². The van der Waals surface area contributed by atoms with Crippen LogP contribution in [0.5, 0.6) is 0 Å². The minimum absolute atomic E-state index is 0.183. The molecule has 0 amide bonds. The summed E-state index contributed by atoms with van der Waals surface area (Å²) >= 11 is 3.46. The maximum absolute atomic E-state index is 13.2. The first-order valence-electron chi connectivity index (χ1n) is 6.36. The summed E-state index contributed by atoms with van der Waals surface area (Å²) in [7, 11) is 1.94. The second kappa shape index (κ2) is 8.62. The number of hydrogen-bond acceptors (Lipinski definition) is 2. The second-order valence-electron chi connectivity index (χ2n) is 4.26. The van der Waals surface area contributed by atoms with E-state index in [1.54, 1.807) is 12.1 Å². The molecule has 1 rings (SSSR count). The first-order chi connectivity index (χ1) is 8.67. The zero-order chi connectivity index (χ0) is 13.4. The van der Waals surface area contributed by atoms with Gasteiger partial charge in [-0.3, -0.25) is 0 Å². The summed E-state index contributed by atoms with van der Waals surface area (Å²) in [5.41, 5.74) is 1.01. The Hall–Kier alpha value is -0.450. The molecule has 1 aromatic rings. The molecule has 0 radical (unpaired) electrons. The van der Waals surface area contributed by atoms with Crippen molar-refractivity contribution < 1.29 is 9.13 Å². The quantitative estimate of drug-likeness (QED) is 0.740. The minimum atomic E-state index is -0.183. The van der Waals surface area contributed by atoms with E-state index in [0.717, 1.165) is 42.5 Å². The van der Waals surface area contributed by atoms with E-state index in [9.17, 15) is 4.39 Å². The molecule has 1 atom stereocenters. The van der Waals surface area contributed by atoms with Crippen LogP contribution in [0.15, 0.2) is 22.7 Å². The van der Waals surface area contributed by atoms with Crippen molar-refractivity contribution in [1.82, 2.24) is 5.32 Å². The van der Waals surface area contributed by atoms with Crippen molar-refractivity contribution in [1.29, 1.82) is 0 Å². The molecular weight excluding hydrogens is 297 g/mol. The van der Waals surface area contributed by atoms with E-state index in [0.29, 0.717) is 6.04 Å². The van der Waals surface area contributed by atoms with E-state index >= 15 is 0 Å². The van der Waals surface area contributed by atoms with Crippen molar-refractivity contribution in [3.8, 4) is 0 Å². The minimum Gasteiger partial charge on any atom is -0.382 e. The number of halogens is 2. The van der Waals surface area contributed by atoms with Crippen molar-refractivity contribution in [2.75, 3.05) is 20.3 Å². The molecule has 2 nitrogen and oxygen atoms in total. The van der Waals surface area contributed by atoms with Crippen LogP contribution in [-0.2, 0) is 11.2 Å². The van der Waals surface area contributed by atoms with Crippen LogP contribution >= 0.6 is 15.9 Å². The summed E-state index contributed by atoms with van der Waals surface area (Å²) in [6.45, 7) is 3.55. The highest BCUT2D eigenvalue weighted by molar-refractivity contribution is 9.10. The number of nitrogens with one attached hydrogen (secondary N) is 1. The van der Waals surface area contributed by atoms with Gasteiger partial charge in [0, 0.05) is 23.7 Å². The van der Waals surface area contributed by atoms with Gasteiger partial charge in [0.1, 0.15) is 5.82 Å². The predicted octanol–water partition coefficient (Wildman–Crippen LogP) is 3.54. The normalized spacial score (nSPS) is 12.7. The monoisotopic (exact) mass is 317 g/mol. The average Bonchev–Trinajstić information content (AvgIpc) is 2.37. The Morgan fingerprint density at radius 2 is 2.22 bits per heavy atom. The lowest BCUT2D eigenvalue weighted by Crippen LogP contribution is -2.28. The fourth-order valence-electron chi connectivity index (χ4n) is 1.89. The molecule has 0 aliphatic heterocycles. The lowest BCUT2D eigenvalue weighted by molar-refractivity contribution is 0.141. The molecule has 0 fully saturated rings. The Labute approximate surface area is 117 Å². The molecule has 0 bridgehead atoms. The third-order valence-corrected chi connectivity index (χ3v) is 3.70. The number of likely N-dealkylation sites (N-methyl/N-ethyl adjacent to an activating group) is 1. The van der Waals surface area contributed by atoms with E-state index in [1.807, 2.05) is 14.0 Å². The van der Waals surface area contributed by atoms with Crippen molar-refractivity contribution in [2.45, 2.75) is 32.2 Å². The van der Waals surface area contributed by atoms with Crippen LogP contribution in [0.1, 0.15) is 25.3 Å². The maximum Gasteiger partial charge on any atom is 0.123 e. The molecule has 18 heavy (non-hydrogen) atoms. The summed E-state index contributed by atoms with van der Waals surface area (Å²) < 4.78 is 19.5. The molecule has 0 saturated heterocycles. The third-order valence-electron chi connectivity index (χ3n) is 2.93. The Bertz CT molecular complexity index is 360. The fourth-order valence-corrected chi connectivity index (χ4v) is 2.30. The van der Waals surface area contributed by atoms with Crippen LogP contribution in [0.3, 0.4) is 0 Å². The van der Waals surface area contributed by atoms with E-state index in [1.165, 1.54) is 6.07 Å². The molecule has 102 valence electrons. The van der Waals surface area contributed by atoms with Crippen LogP contribution in [0.4, 0.5) is 4.39 Å². The van der Waals surface area contributed by atoms with Gasteiger partial charge in [-0.25, -0.2) is 4.39 Å². The van der Waals surface area contributed by atoms with Crippen molar-refractivity contribution in [3.63, 3.8) is 0 Å². The first kappa shape index (κ1) is 15.6. The topological polar surface area (TPSA) is 21.3 Å². The summed E-state index contributed by atoms with van der Waals surface area (Å²) in [5, 5.41) is 3.28. The highest BCUT2D eigenvalue weighted by Gasteiger charge is 2.10. The number of benzene rings is 1. The Balaban J connectivity index is 2.48. The summed E-state index contributed by atoms with van der Waals surface area (Å²) in [6, 6.07) is 5.18. The van der Waals surface area contributed by atoms with Gasteiger partial charge in [-0.15, -0.1) is 0 Å². The molecule has 0 aliphatic carbocycles. The predicted molar refractivity (Wildman–Crippen MR) is 76.4 cm³/mol.